The van der Waals surface area contributed by atoms with Gasteiger partial charge in [-0.2, -0.15) is 13.2 Å². The van der Waals surface area contributed by atoms with Crippen molar-refractivity contribution in [2.75, 3.05) is 7.11 Å². The molecule has 0 radical (unpaired) electrons. The number of aryl methyl sites for hydroxylation is 1. The third kappa shape index (κ3) is 4.39. The van der Waals surface area contributed by atoms with Crippen molar-refractivity contribution >= 4 is 23.9 Å². The number of benzene rings is 1. The number of rotatable bonds is 5. The lowest BCUT2D eigenvalue weighted by Gasteiger charge is -2.41. The molecule has 1 aliphatic carbocycles. The smallest absolute Gasteiger partial charge is 0.418 e. The zero-order valence-electron chi connectivity index (χ0n) is 15.5. The first kappa shape index (κ1) is 24.1. The van der Waals surface area contributed by atoms with Gasteiger partial charge >= 0.3 is 12.1 Å². The number of hydrogen-bond acceptors (Lipinski definition) is 3. The molecule has 1 aromatic rings. The molecular formula is C19H22ClF4NO3. The molecule has 0 amide bonds. The van der Waals surface area contributed by atoms with Crippen molar-refractivity contribution < 1.29 is 32.2 Å². The molecule has 3 unspecified atom stereocenters. The second kappa shape index (κ2) is 8.63. The molecule has 0 saturated carbocycles. The van der Waals surface area contributed by atoms with Gasteiger partial charge in [0.2, 0.25) is 5.85 Å². The number of allylic oxidation sites excluding steroid dienone is 2. The average Bonchev–Trinajstić information content (AvgIpc) is 2.54. The largest absolute Gasteiger partial charge is 0.481 e. The van der Waals surface area contributed by atoms with Gasteiger partial charge in [0.25, 0.3) is 0 Å². The molecule has 4 nitrogen and oxygen atoms in total. The predicted molar refractivity (Wildman–Crippen MR) is 99.7 cm³/mol. The van der Waals surface area contributed by atoms with E-state index in [1.54, 1.807) is 31.2 Å². The van der Waals surface area contributed by atoms with Gasteiger partial charge in [0, 0.05) is 13.2 Å². The highest BCUT2D eigenvalue weighted by Crippen LogP contribution is 2.51. The molecule has 0 saturated heterocycles. The molecule has 28 heavy (non-hydrogen) atoms. The molecule has 1 aliphatic rings. The van der Waals surface area contributed by atoms with Crippen molar-refractivity contribution in [3.05, 3.63) is 52.6 Å². The first-order valence-electron chi connectivity index (χ1n) is 8.21. The van der Waals surface area contributed by atoms with Crippen LogP contribution in [0.25, 0.3) is 5.57 Å². The van der Waals surface area contributed by atoms with E-state index < -0.39 is 42.0 Å². The normalized spacial score (nSPS) is 23.7. The Morgan fingerprint density at radius 1 is 1.32 bits per heavy atom. The maximum Gasteiger partial charge on any atom is 0.418 e. The second-order valence-electron chi connectivity index (χ2n) is 6.53. The maximum absolute atomic E-state index is 15.5. The Labute approximate surface area is 166 Å². The van der Waals surface area contributed by atoms with Crippen molar-refractivity contribution in [3.63, 3.8) is 0 Å². The number of aliphatic carboxylic acids is 1. The van der Waals surface area contributed by atoms with Crippen LogP contribution in [0.15, 0.2) is 41.5 Å². The Morgan fingerprint density at radius 2 is 1.89 bits per heavy atom. The fourth-order valence-electron chi connectivity index (χ4n) is 3.51. The van der Waals surface area contributed by atoms with Gasteiger partial charge in [-0.15, -0.1) is 12.4 Å². The minimum Gasteiger partial charge on any atom is -0.481 e. The van der Waals surface area contributed by atoms with Crippen LogP contribution >= 0.6 is 12.4 Å². The van der Waals surface area contributed by atoms with Crippen molar-refractivity contribution in [1.82, 2.24) is 0 Å². The van der Waals surface area contributed by atoms with Gasteiger partial charge in [-0.1, -0.05) is 30.3 Å². The standard InChI is InChI=1S/C19H21F4NO3.ClH/c1-10-6-4-5-7-12(10)13-8-14(15(24)9-16(25)26)18(20,27-3)17(11(13)2)19(21,22)23;/h4-8,14-15H,9,24H2,1-3H3,(H,25,26);1H. The van der Waals surface area contributed by atoms with E-state index in [2.05, 4.69) is 4.74 Å². The molecule has 0 bridgehead atoms. The van der Waals surface area contributed by atoms with E-state index in [9.17, 15) is 18.0 Å². The number of hydrogen-bond donors (Lipinski definition) is 2. The first-order chi connectivity index (χ1) is 12.4. The summed E-state index contributed by atoms with van der Waals surface area (Å²) in [7, 11) is 0.812. The third-order valence-electron chi connectivity index (χ3n) is 4.78. The van der Waals surface area contributed by atoms with Crippen LogP contribution in [0.4, 0.5) is 17.6 Å². The van der Waals surface area contributed by atoms with Crippen LogP contribution in [0.1, 0.15) is 24.5 Å². The van der Waals surface area contributed by atoms with Crippen molar-refractivity contribution in [2.24, 2.45) is 11.7 Å². The number of carbonyl (C=O) groups is 1. The fraction of sp³-hybridized carbons (Fsp3) is 0.421. The summed E-state index contributed by atoms with van der Waals surface area (Å²) in [5, 5.41) is 8.96. The quantitative estimate of drug-likeness (QED) is 0.687. The van der Waals surface area contributed by atoms with Crippen LogP contribution in [-0.4, -0.2) is 36.3 Å². The molecule has 0 aromatic heterocycles. The topological polar surface area (TPSA) is 72.5 Å². The summed E-state index contributed by atoms with van der Waals surface area (Å²) in [6, 6.07) is 5.31. The lowest BCUT2D eigenvalue weighted by Crippen LogP contribution is -2.52. The summed E-state index contributed by atoms with van der Waals surface area (Å²) in [6.07, 6.45) is -4.48. The summed E-state index contributed by atoms with van der Waals surface area (Å²) in [5.41, 5.74) is 5.32. The Hall–Kier alpha value is -1.90. The van der Waals surface area contributed by atoms with Crippen LogP contribution in [0, 0.1) is 12.8 Å². The summed E-state index contributed by atoms with van der Waals surface area (Å²) in [4.78, 5) is 11.0. The zero-order chi connectivity index (χ0) is 20.6. The number of methoxy groups -OCH3 is 1. The number of carboxylic acid groups (broad SMARTS) is 1. The summed E-state index contributed by atoms with van der Waals surface area (Å²) >= 11 is 0. The van der Waals surface area contributed by atoms with Crippen molar-refractivity contribution in [3.8, 4) is 0 Å². The van der Waals surface area contributed by atoms with E-state index in [-0.39, 0.29) is 23.6 Å². The fourth-order valence-corrected chi connectivity index (χ4v) is 3.51. The van der Waals surface area contributed by atoms with Crippen LogP contribution in [0.2, 0.25) is 0 Å². The van der Waals surface area contributed by atoms with Gasteiger partial charge in [-0.05, 0) is 36.1 Å². The predicted octanol–water partition coefficient (Wildman–Crippen LogP) is 4.42. The van der Waals surface area contributed by atoms with Crippen molar-refractivity contribution in [2.45, 2.75) is 38.3 Å². The highest BCUT2D eigenvalue weighted by Gasteiger charge is 2.58. The molecule has 0 fully saturated rings. The van der Waals surface area contributed by atoms with E-state index >= 15 is 4.39 Å². The van der Waals surface area contributed by atoms with Gasteiger partial charge in [0.15, 0.2) is 0 Å². The Kier molecular flexibility index (Phi) is 7.44. The summed E-state index contributed by atoms with van der Waals surface area (Å²) < 4.78 is 61.6. The van der Waals surface area contributed by atoms with E-state index in [0.29, 0.717) is 11.1 Å². The van der Waals surface area contributed by atoms with E-state index in [1.807, 2.05) is 0 Å². The minimum absolute atomic E-state index is 0. The second-order valence-corrected chi connectivity index (χ2v) is 6.53. The molecular weight excluding hydrogens is 402 g/mol. The van der Waals surface area contributed by atoms with Gasteiger partial charge in [-0.3, -0.25) is 4.79 Å². The Morgan fingerprint density at radius 3 is 2.36 bits per heavy atom. The minimum atomic E-state index is -5.03. The summed E-state index contributed by atoms with van der Waals surface area (Å²) in [6.45, 7) is 2.89. The average molecular weight is 424 g/mol. The lowest BCUT2D eigenvalue weighted by atomic mass is 9.74. The summed E-state index contributed by atoms with van der Waals surface area (Å²) in [5.74, 6) is -6.26. The number of alkyl halides is 4. The molecule has 0 aliphatic heterocycles. The first-order valence-corrected chi connectivity index (χ1v) is 8.21. The number of carboxylic acids is 1. The Bertz CT molecular complexity index is 807. The molecule has 9 heteroatoms. The van der Waals surface area contributed by atoms with Crippen molar-refractivity contribution in [1.29, 1.82) is 0 Å². The molecule has 2 rings (SSSR count). The Balaban J connectivity index is 0.00000392. The van der Waals surface area contributed by atoms with Gasteiger partial charge < -0.3 is 15.6 Å². The molecule has 156 valence electrons. The van der Waals surface area contributed by atoms with Gasteiger partial charge in [0.05, 0.1) is 12.3 Å². The third-order valence-corrected chi connectivity index (χ3v) is 4.78. The van der Waals surface area contributed by atoms with E-state index in [1.165, 1.54) is 13.0 Å². The number of nitrogens with two attached hydrogens (primary N) is 1. The highest BCUT2D eigenvalue weighted by molar-refractivity contribution is 5.85. The molecule has 3 N–H and O–H groups in total. The van der Waals surface area contributed by atoms with Gasteiger partial charge in [0.1, 0.15) is 5.57 Å². The van der Waals surface area contributed by atoms with Gasteiger partial charge in [-0.25, -0.2) is 4.39 Å². The number of ether oxygens (including phenoxy) is 1. The molecule has 0 spiro atoms. The monoisotopic (exact) mass is 423 g/mol. The highest BCUT2D eigenvalue weighted by atomic mass is 35.5. The SMILES string of the molecule is COC1(F)C(C(F)(F)F)=C(C)C(c2ccccc2C)=CC1C(N)CC(=O)O.Cl. The van der Waals surface area contributed by atoms with E-state index in [0.717, 1.165) is 7.11 Å². The molecule has 0 heterocycles. The zero-order valence-corrected chi connectivity index (χ0v) is 16.3. The molecule has 3 atom stereocenters. The van der Waals surface area contributed by atoms with Crippen LogP contribution in [0.3, 0.4) is 0 Å². The maximum atomic E-state index is 15.5. The molecule has 1 aromatic carbocycles. The van der Waals surface area contributed by atoms with Crippen LogP contribution in [0.5, 0.6) is 0 Å². The van der Waals surface area contributed by atoms with E-state index in [4.69, 9.17) is 10.8 Å². The lowest BCUT2D eigenvalue weighted by molar-refractivity contribution is -0.186. The number of halogens is 5. The van der Waals surface area contributed by atoms with Crippen LogP contribution < -0.4 is 5.73 Å². The van der Waals surface area contributed by atoms with Crippen LogP contribution in [-0.2, 0) is 9.53 Å².